The molecule has 3 fully saturated rings. The second-order valence-electron chi connectivity index (χ2n) is 12.8. The largest absolute Gasteiger partial charge is 0.466 e. The van der Waals surface area contributed by atoms with Crippen molar-refractivity contribution in [3.8, 4) is 0 Å². The fourth-order valence-electron chi connectivity index (χ4n) is 7.00. The van der Waals surface area contributed by atoms with E-state index in [4.69, 9.17) is 9.47 Å². The lowest BCUT2D eigenvalue weighted by Gasteiger charge is -2.41. The van der Waals surface area contributed by atoms with Crippen LogP contribution >= 0.6 is 0 Å². The van der Waals surface area contributed by atoms with Crippen LogP contribution in [0.25, 0.3) is 0 Å². The summed E-state index contributed by atoms with van der Waals surface area (Å²) in [6.07, 6.45) is 1.80. The van der Waals surface area contributed by atoms with Crippen molar-refractivity contribution in [3.63, 3.8) is 0 Å². The number of hydrogen-bond acceptors (Lipinski definition) is 6. The minimum Gasteiger partial charge on any atom is -0.466 e. The highest BCUT2D eigenvalue weighted by Gasteiger charge is 2.79. The summed E-state index contributed by atoms with van der Waals surface area (Å²) in [7, 11) is 0. The van der Waals surface area contributed by atoms with Gasteiger partial charge in [0.1, 0.15) is 17.6 Å². The molecule has 0 aromatic carbocycles. The standard InChI is InChI=1S/C26H44N2O6/c1-10-33-22(32)18-17-21(31)28(16(13-29)15(2)3)19(26(17)12-11-25(18,9)34-26)20(30)27-24(7,8)14-23(4,5)6/h15-19,29H,10-14H2,1-9H3,(H,27,30)/t16-,17-,18-,19?,25+,26?/m0/s1. The summed E-state index contributed by atoms with van der Waals surface area (Å²) in [5.74, 6) is -2.72. The van der Waals surface area contributed by atoms with E-state index in [1.165, 1.54) is 4.90 Å². The number of aliphatic hydroxyl groups excluding tert-OH is 1. The molecule has 2 amide bonds. The lowest BCUT2D eigenvalue weighted by Crippen LogP contribution is -2.62. The van der Waals surface area contributed by atoms with Crippen molar-refractivity contribution in [2.24, 2.45) is 23.2 Å². The monoisotopic (exact) mass is 480 g/mol. The van der Waals surface area contributed by atoms with Gasteiger partial charge in [-0.05, 0) is 58.3 Å². The maximum atomic E-state index is 14.0. The van der Waals surface area contributed by atoms with Crippen LogP contribution in [0.15, 0.2) is 0 Å². The molecule has 3 aliphatic rings. The van der Waals surface area contributed by atoms with Gasteiger partial charge in [-0.15, -0.1) is 0 Å². The Labute approximate surface area is 204 Å². The third kappa shape index (κ3) is 4.36. The number of likely N-dealkylation sites (tertiary alicyclic amines) is 1. The van der Waals surface area contributed by atoms with Crippen LogP contribution in [-0.4, -0.2) is 69.8 Å². The Balaban J connectivity index is 2.07. The first-order valence-electron chi connectivity index (χ1n) is 12.7. The van der Waals surface area contributed by atoms with E-state index in [1.54, 1.807) is 6.92 Å². The smallest absolute Gasteiger partial charge is 0.312 e. The van der Waals surface area contributed by atoms with Gasteiger partial charge in [-0.1, -0.05) is 34.6 Å². The van der Waals surface area contributed by atoms with E-state index in [0.29, 0.717) is 12.8 Å². The lowest BCUT2D eigenvalue weighted by atomic mass is 9.66. The molecule has 0 saturated carbocycles. The number of fused-ring (bicyclic) bond motifs is 1. The molecule has 6 atom stereocenters. The highest BCUT2D eigenvalue weighted by Crippen LogP contribution is 2.63. The molecule has 0 aromatic rings. The maximum absolute atomic E-state index is 14.0. The van der Waals surface area contributed by atoms with Gasteiger partial charge in [0.25, 0.3) is 0 Å². The van der Waals surface area contributed by atoms with Gasteiger partial charge in [0.15, 0.2) is 0 Å². The minimum atomic E-state index is -1.12. The van der Waals surface area contributed by atoms with Gasteiger partial charge in [0.2, 0.25) is 11.8 Å². The molecule has 3 heterocycles. The van der Waals surface area contributed by atoms with Gasteiger partial charge < -0.3 is 24.8 Å². The van der Waals surface area contributed by atoms with Gasteiger partial charge in [-0.3, -0.25) is 14.4 Å². The molecule has 2 N–H and O–H groups in total. The topological polar surface area (TPSA) is 105 Å². The second-order valence-corrected chi connectivity index (χ2v) is 12.8. The van der Waals surface area contributed by atoms with E-state index >= 15 is 0 Å². The SMILES string of the molecule is CCOC(=O)[C@@H]1[C@H]2C(=O)N([C@@H](CO)C(C)C)C(C(=O)NC(C)(C)CC(C)(C)C)C23CC[C@@]1(C)O3. The molecule has 2 bridgehead atoms. The predicted molar refractivity (Wildman–Crippen MR) is 128 cm³/mol. The number of nitrogens with zero attached hydrogens (tertiary/aromatic N) is 1. The van der Waals surface area contributed by atoms with E-state index in [1.807, 2.05) is 34.6 Å². The minimum absolute atomic E-state index is 0.0147. The van der Waals surface area contributed by atoms with Crippen LogP contribution < -0.4 is 5.32 Å². The average Bonchev–Trinajstić information content (AvgIpc) is 3.21. The van der Waals surface area contributed by atoms with Crippen LogP contribution in [0.1, 0.15) is 81.6 Å². The first-order chi connectivity index (χ1) is 15.5. The summed E-state index contributed by atoms with van der Waals surface area (Å²) in [5, 5.41) is 13.4. The van der Waals surface area contributed by atoms with Crippen molar-refractivity contribution < 1.29 is 29.0 Å². The van der Waals surface area contributed by atoms with Crippen molar-refractivity contribution in [3.05, 3.63) is 0 Å². The quantitative estimate of drug-likeness (QED) is 0.518. The molecular weight excluding hydrogens is 436 g/mol. The van der Waals surface area contributed by atoms with Crippen molar-refractivity contribution >= 4 is 17.8 Å². The summed E-state index contributed by atoms with van der Waals surface area (Å²) in [5.41, 5.74) is -2.51. The fraction of sp³-hybridized carbons (Fsp3) is 0.885. The zero-order valence-corrected chi connectivity index (χ0v) is 22.4. The predicted octanol–water partition coefficient (Wildman–Crippen LogP) is 2.66. The molecule has 0 aromatic heterocycles. The number of amides is 2. The number of rotatable bonds is 8. The van der Waals surface area contributed by atoms with Gasteiger partial charge in [0, 0.05) is 5.54 Å². The van der Waals surface area contributed by atoms with E-state index < -0.39 is 46.6 Å². The van der Waals surface area contributed by atoms with E-state index in [9.17, 15) is 19.5 Å². The van der Waals surface area contributed by atoms with Crippen LogP contribution in [0.2, 0.25) is 0 Å². The third-order valence-electron chi connectivity index (χ3n) is 7.75. The number of carbonyl (C=O) groups excluding carboxylic acids is 3. The van der Waals surface area contributed by atoms with Gasteiger partial charge in [0.05, 0.1) is 30.8 Å². The molecule has 1 spiro atoms. The number of aliphatic hydroxyl groups is 1. The average molecular weight is 481 g/mol. The molecular formula is C26H44N2O6. The molecule has 2 unspecified atom stereocenters. The van der Waals surface area contributed by atoms with Crippen molar-refractivity contribution in [1.29, 1.82) is 0 Å². The summed E-state index contributed by atoms with van der Waals surface area (Å²) < 4.78 is 11.9. The third-order valence-corrected chi connectivity index (χ3v) is 7.75. The fourth-order valence-corrected chi connectivity index (χ4v) is 7.00. The highest BCUT2D eigenvalue weighted by molar-refractivity contribution is 5.98. The molecule has 8 heteroatoms. The number of hydrogen-bond donors (Lipinski definition) is 2. The molecule has 8 nitrogen and oxygen atoms in total. The molecule has 3 saturated heterocycles. The molecule has 3 aliphatic heterocycles. The Morgan fingerprint density at radius 2 is 1.85 bits per heavy atom. The zero-order chi connectivity index (χ0) is 25.9. The first kappa shape index (κ1) is 26.9. The summed E-state index contributed by atoms with van der Waals surface area (Å²) in [6.45, 7) is 17.7. The number of esters is 1. The van der Waals surface area contributed by atoms with Crippen LogP contribution in [0.5, 0.6) is 0 Å². The van der Waals surface area contributed by atoms with E-state index in [0.717, 1.165) is 6.42 Å². The summed E-state index contributed by atoms with van der Waals surface area (Å²) in [4.78, 5) is 42.6. The zero-order valence-electron chi connectivity index (χ0n) is 22.4. The summed E-state index contributed by atoms with van der Waals surface area (Å²) in [6, 6.07) is -1.49. The Kier molecular flexibility index (Phi) is 6.94. The van der Waals surface area contributed by atoms with Crippen molar-refractivity contribution in [1.82, 2.24) is 10.2 Å². The Morgan fingerprint density at radius 1 is 1.24 bits per heavy atom. The van der Waals surface area contributed by atoms with E-state index in [-0.39, 0.29) is 36.4 Å². The van der Waals surface area contributed by atoms with Crippen molar-refractivity contribution in [2.75, 3.05) is 13.2 Å². The van der Waals surface area contributed by atoms with Crippen LogP contribution in [0.3, 0.4) is 0 Å². The van der Waals surface area contributed by atoms with Crippen molar-refractivity contribution in [2.45, 2.75) is 110 Å². The Hall–Kier alpha value is -1.67. The maximum Gasteiger partial charge on any atom is 0.312 e. The molecule has 194 valence electrons. The Morgan fingerprint density at radius 3 is 2.35 bits per heavy atom. The first-order valence-corrected chi connectivity index (χ1v) is 12.7. The molecule has 0 aliphatic carbocycles. The van der Waals surface area contributed by atoms with E-state index in [2.05, 4.69) is 26.1 Å². The number of nitrogens with one attached hydrogen (secondary N) is 1. The normalized spacial score (nSPS) is 33.9. The molecule has 0 radical (unpaired) electrons. The number of ether oxygens (including phenoxy) is 2. The summed E-state index contributed by atoms with van der Waals surface area (Å²) >= 11 is 0. The van der Waals surface area contributed by atoms with Crippen LogP contribution in [0.4, 0.5) is 0 Å². The van der Waals surface area contributed by atoms with Gasteiger partial charge in [-0.25, -0.2) is 0 Å². The second kappa shape index (κ2) is 8.77. The van der Waals surface area contributed by atoms with Crippen LogP contribution in [-0.2, 0) is 23.9 Å². The molecule has 3 rings (SSSR count). The number of carbonyl (C=O) groups is 3. The Bertz CT molecular complexity index is 834. The highest BCUT2D eigenvalue weighted by atomic mass is 16.6. The van der Waals surface area contributed by atoms with Crippen LogP contribution in [0, 0.1) is 23.2 Å². The van der Waals surface area contributed by atoms with Gasteiger partial charge >= 0.3 is 5.97 Å². The van der Waals surface area contributed by atoms with Gasteiger partial charge in [-0.2, -0.15) is 0 Å². The molecule has 34 heavy (non-hydrogen) atoms. The lowest BCUT2D eigenvalue weighted by molar-refractivity contribution is -0.161.